The predicted octanol–water partition coefficient (Wildman–Crippen LogP) is 3.57. The first-order chi connectivity index (χ1) is 13.1. The molecule has 3 rings (SSSR count). The van der Waals surface area contributed by atoms with E-state index >= 15 is 0 Å². The van der Waals surface area contributed by atoms with Crippen LogP contribution >= 0.6 is 0 Å². The van der Waals surface area contributed by atoms with Gasteiger partial charge in [-0.25, -0.2) is 0 Å². The highest BCUT2D eigenvalue weighted by Crippen LogP contribution is 2.19. The van der Waals surface area contributed by atoms with Crippen LogP contribution < -0.4 is 11.1 Å². The fraction of sp³-hybridized carbons (Fsp3) is 0.130. The van der Waals surface area contributed by atoms with E-state index in [0.29, 0.717) is 18.4 Å². The van der Waals surface area contributed by atoms with E-state index in [1.807, 2.05) is 72.8 Å². The second-order valence-electron chi connectivity index (χ2n) is 6.40. The van der Waals surface area contributed by atoms with Gasteiger partial charge in [-0.1, -0.05) is 72.8 Å². The van der Waals surface area contributed by atoms with Gasteiger partial charge in [0.15, 0.2) is 0 Å². The molecule has 0 fully saturated rings. The van der Waals surface area contributed by atoms with E-state index in [0.717, 1.165) is 16.7 Å². The molecule has 0 aliphatic heterocycles. The van der Waals surface area contributed by atoms with Crippen LogP contribution in [0.2, 0.25) is 0 Å². The van der Waals surface area contributed by atoms with E-state index in [1.54, 1.807) is 12.1 Å². The van der Waals surface area contributed by atoms with Crippen LogP contribution in [0.3, 0.4) is 0 Å². The minimum atomic E-state index is -0.702. The molecule has 3 N–H and O–H groups in total. The van der Waals surface area contributed by atoms with Crippen LogP contribution in [0, 0.1) is 0 Å². The van der Waals surface area contributed by atoms with E-state index in [1.165, 1.54) is 0 Å². The number of primary amides is 1. The molecule has 4 heteroatoms. The van der Waals surface area contributed by atoms with Gasteiger partial charge < -0.3 is 11.1 Å². The van der Waals surface area contributed by atoms with Crippen molar-refractivity contribution >= 4 is 11.8 Å². The molecule has 0 aliphatic rings. The first kappa shape index (κ1) is 18.4. The smallest absolute Gasteiger partial charge is 0.251 e. The number of carbonyl (C=O) groups is 2. The molecule has 0 saturated carbocycles. The molecular formula is C23H22N2O2. The van der Waals surface area contributed by atoms with E-state index in [9.17, 15) is 9.59 Å². The van der Waals surface area contributed by atoms with Gasteiger partial charge in [0.25, 0.3) is 5.91 Å². The van der Waals surface area contributed by atoms with Crippen LogP contribution in [0.4, 0.5) is 0 Å². The SMILES string of the molecule is NC(=O)[C@@H](CCc1ccccc1)NC(=O)c1ccc(-c2ccccc2)cc1. The summed E-state index contributed by atoms with van der Waals surface area (Å²) in [5.74, 6) is -0.827. The Morgan fingerprint density at radius 3 is 1.93 bits per heavy atom. The lowest BCUT2D eigenvalue weighted by molar-refractivity contribution is -0.120. The summed E-state index contributed by atoms with van der Waals surface area (Å²) in [6, 6.07) is 26.4. The van der Waals surface area contributed by atoms with Crippen molar-refractivity contribution in [3.8, 4) is 11.1 Å². The monoisotopic (exact) mass is 358 g/mol. The molecule has 1 atom stereocenters. The van der Waals surface area contributed by atoms with Gasteiger partial charge in [0.05, 0.1) is 0 Å². The zero-order valence-corrected chi connectivity index (χ0v) is 15.0. The molecule has 0 aliphatic carbocycles. The Kier molecular flexibility index (Phi) is 6.00. The number of rotatable bonds is 7. The second kappa shape index (κ2) is 8.81. The molecule has 3 aromatic rings. The standard InChI is InChI=1S/C23H22N2O2/c24-22(26)21(16-11-17-7-3-1-4-8-17)25-23(27)20-14-12-19(13-15-20)18-9-5-2-6-10-18/h1-10,12-15,21H,11,16H2,(H2,24,26)(H,25,27)/t21-/m1/s1. The van der Waals surface area contributed by atoms with E-state index < -0.39 is 11.9 Å². The number of aryl methyl sites for hydroxylation is 1. The number of benzene rings is 3. The Bertz CT molecular complexity index is 891. The first-order valence-corrected chi connectivity index (χ1v) is 8.93. The van der Waals surface area contributed by atoms with Crippen molar-refractivity contribution in [2.45, 2.75) is 18.9 Å². The third kappa shape index (κ3) is 5.05. The molecule has 3 aromatic carbocycles. The van der Waals surface area contributed by atoms with Crippen molar-refractivity contribution in [2.75, 3.05) is 0 Å². The summed E-state index contributed by atoms with van der Waals surface area (Å²) in [5.41, 5.74) is 9.19. The van der Waals surface area contributed by atoms with Gasteiger partial charge in [-0.05, 0) is 41.7 Å². The number of nitrogens with two attached hydrogens (primary N) is 1. The van der Waals surface area contributed by atoms with Crippen LogP contribution in [0.15, 0.2) is 84.9 Å². The summed E-state index contributed by atoms with van der Waals surface area (Å²) in [5, 5.41) is 2.75. The minimum absolute atomic E-state index is 0.300. The van der Waals surface area contributed by atoms with Gasteiger partial charge in [-0.2, -0.15) is 0 Å². The molecule has 0 radical (unpaired) electrons. The van der Waals surface area contributed by atoms with E-state index in [-0.39, 0.29) is 5.91 Å². The second-order valence-corrected chi connectivity index (χ2v) is 6.40. The van der Waals surface area contributed by atoms with Gasteiger partial charge in [-0.3, -0.25) is 9.59 Å². The average molecular weight is 358 g/mol. The van der Waals surface area contributed by atoms with Gasteiger partial charge in [0, 0.05) is 5.56 Å². The van der Waals surface area contributed by atoms with Crippen molar-refractivity contribution in [3.63, 3.8) is 0 Å². The number of amides is 2. The van der Waals surface area contributed by atoms with E-state index in [4.69, 9.17) is 5.73 Å². The highest BCUT2D eigenvalue weighted by Gasteiger charge is 2.18. The maximum absolute atomic E-state index is 12.5. The number of hydrogen-bond donors (Lipinski definition) is 2. The number of nitrogens with one attached hydrogen (secondary N) is 1. The van der Waals surface area contributed by atoms with Crippen LogP contribution in [-0.2, 0) is 11.2 Å². The summed E-state index contributed by atoms with van der Waals surface area (Å²) in [4.78, 5) is 24.2. The average Bonchev–Trinajstić information content (AvgIpc) is 2.72. The molecule has 4 nitrogen and oxygen atoms in total. The highest BCUT2D eigenvalue weighted by atomic mass is 16.2. The highest BCUT2D eigenvalue weighted by molar-refractivity contribution is 5.97. The number of carbonyl (C=O) groups excluding carboxylic acids is 2. The Labute approximate surface area is 159 Å². The Hall–Kier alpha value is -3.40. The normalized spacial score (nSPS) is 11.6. The minimum Gasteiger partial charge on any atom is -0.368 e. The van der Waals surface area contributed by atoms with Gasteiger partial charge >= 0.3 is 0 Å². The fourth-order valence-electron chi connectivity index (χ4n) is 2.93. The van der Waals surface area contributed by atoms with Crippen molar-refractivity contribution in [3.05, 3.63) is 96.1 Å². The Morgan fingerprint density at radius 1 is 0.778 bits per heavy atom. The van der Waals surface area contributed by atoms with Gasteiger partial charge in [0.2, 0.25) is 5.91 Å². The summed E-state index contributed by atoms with van der Waals surface area (Å²) in [7, 11) is 0. The van der Waals surface area contributed by atoms with Crippen LogP contribution in [0.25, 0.3) is 11.1 Å². The summed E-state index contributed by atoms with van der Waals surface area (Å²) in [6.07, 6.45) is 1.13. The van der Waals surface area contributed by atoms with Gasteiger partial charge in [0.1, 0.15) is 6.04 Å². The molecule has 2 amide bonds. The molecule has 136 valence electrons. The molecule has 27 heavy (non-hydrogen) atoms. The lowest BCUT2D eigenvalue weighted by atomic mass is 10.0. The van der Waals surface area contributed by atoms with Crippen LogP contribution in [0.5, 0.6) is 0 Å². The molecule has 0 saturated heterocycles. The zero-order valence-electron chi connectivity index (χ0n) is 15.0. The van der Waals surface area contributed by atoms with Crippen molar-refractivity contribution in [1.29, 1.82) is 0 Å². The third-order valence-electron chi connectivity index (χ3n) is 4.47. The summed E-state index contributed by atoms with van der Waals surface area (Å²) < 4.78 is 0. The van der Waals surface area contributed by atoms with Crippen LogP contribution in [-0.4, -0.2) is 17.9 Å². The Balaban J connectivity index is 1.64. The molecule has 0 heterocycles. The van der Waals surface area contributed by atoms with Gasteiger partial charge in [-0.15, -0.1) is 0 Å². The van der Waals surface area contributed by atoms with E-state index in [2.05, 4.69) is 5.32 Å². The number of hydrogen-bond acceptors (Lipinski definition) is 2. The van der Waals surface area contributed by atoms with Crippen molar-refractivity contribution in [2.24, 2.45) is 5.73 Å². The Morgan fingerprint density at radius 2 is 1.33 bits per heavy atom. The topological polar surface area (TPSA) is 72.2 Å². The third-order valence-corrected chi connectivity index (χ3v) is 4.47. The zero-order chi connectivity index (χ0) is 19.1. The summed E-state index contributed by atoms with van der Waals surface area (Å²) in [6.45, 7) is 0. The lowest BCUT2D eigenvalue weighted by Crippen LogP contribution is -2.44. The molecular weight excluding hydrogens is 336 g/mol. The molecule has 0 bridgehead atoms. The molecule has 0 unspecified atom stereocenters. The first-order valence-electron chi connectivity index (χ1n) is 8.93. The lowest BCUT2D eigenvalue weighted by Gasteiger charge is -2.16. The summed E-state index contributed by atoms with van der Waals surface area (Å²) >= 11 is 0. The maximum atomic E-state index is 12.5. The molecule has 0 spiro atoms. The van der Waals surface area contributed by atoms with Crippen molar-refractivity contribution < 1.29 is 9.59 Å². The largest absolute Gasteiger partial charge is 0.368 e. The van der Waals surface area contributed by atoms with Crippen LogP contribution in [0.1, 0.15) is 22.3 Å². The quantitative estimate of drug-likeness (QED) is 0.678. The predicted molar refractivity (Wildman–Crippen MR) is 107 cm³/mol. The van der Waals surface area contributed by atoms with Crippen molar-refractivity contribution in [1.82, 2.24) is 5.32 Å². The maximum Gasteiger partial charge on any atom is 0.251 e. The fourth-order valence-corrected chi connectivity index (χ4v) is 2.93. The molecule has 0 aromatic heterocycles.